The predicted molar refractivity (Wildman–Crippen MR) is 96.2 cm³/mol. The van der Waals surface area contributed by atoms with E-state index in [9.17, 15) is 4.79 Å². The van der Waals surface area contributed by atoms with Crippen LogP contribution in [-0.2, 0) is 16.0 Å². The maximum Gasteiger partial charge on any atom is 0.236 e. The molecule has 0 aliphatic carbocycles. The molecular weight excluding hydrogens is 316 g/mol. The van der Waals surface area contributed by atoms with Crippen molar-refractivity contribution in [3.05, 3.63) is 23.8 Å². The average molecular weight is 346 g/mol. The first-order valence-electron chi connectivity index (χ1n) is 9.49. The molecule has 0 bridgehead atoms. The third kappa shape index (κ3) is 5.47. The fourth-order valence-electron chi connectivity index (χ4n) is 3.59. The number of aromatic nitrogens is 2. The van der Waals surface area contributed by atoms with Crippen molar-refractivity contribution in [1.82, 2.24) is 19.8 Å². The molecule has 1 amide bonds. The topological polar surface area (TPSA) is 58.6 Å². The second-order valence-electron chi connectivity index (χ2n) is 7.48. The molecule has 0 unspecified atom stereocenters. The van der Waals surface area contributed by atoms with Crippen LogP contribution >= 0.6 is 0 Å². The van der Waals surface area contributed by atoms with Crippen LogP contribution in [-0.4, -0.2) is 71.1 Å². The summed E-state index contributed by atoms with van der Waals surface area (Å²) in [5, 5.41) is 0. The lowest BCUT2D eigenvalue weighted by Crippen LogP contribution is -2.50. The standard InChI is InChI=1S/C19H30N4O2/c1-15-5-7-22(8-6-15)13-19(24)23-9-10-25-18(12-23)4-3-17-11-16(2)20-14-21-17/h11,14-15,18H,3-10,12-13H2,1-2H3/t18-/m1/s1. The molecular formula is C19H30N4O2. The highest BCUT2D eigenvalue weighted by atomic mass is 16.5. The van der Waals surface area contributed by atoms with Crippen LogP contribution in [0, 0.1) is 12.8 Å². The second-order valence-corrected chi connectivity index (χ2v) is 7.48. The summed E-state index contributed by atoms with van der Waals surface area (Å²) in [6.45, 7) is 8.98. The van der Waals surface area contributed by atoms with Crippen molar-refractivity contribution in [1.29, 1.82) is 0 Å². The van der Waals surface area contributed by atoms with Crippen LogP contribution < -0.4 is 0 Å². The smallest absolute Gasteiger partial charge is 0.236 e. The van der Waals surface area contributed by atoms with Gasteiger partial charge in [0.1, 0.15) is 6.33 Å². The SMILES string of the molecule is Cc1cc(CC[C@@H]2CN(C(=O)CN3CCC(C)CC3)CCO2)ncn1. The van der Waals surface area contributed by atoms with E-state index in [1.54, 1.807) is 6.33 Å². The zero-order valence-corrected chi connectivity index (χ0v) is 15.5. The molecule has 1 aromatic rings. The Kier molecular flexibility index (Phi) is 6.37. The molecule has 6 nitrogen and oxygen atoms in total. The highest BCUT2D eigenvalue weighted by Crippen LogP contribution is 2.17. The summed E-state index contributed by atoms with van der Waals surface area (Å²) in [6, 6.07) is 2.02. The number of nitrogens with zero attached hydrogens (tertiary/aromatic N) is 4. The molecule has 25 heavy (non-hydrogen) atoms. The maximum atomic E-state index is 12.6. The fraction of sp³-hybridized carbons (Fsp3) is 0.737. The van der Waals surface area contributed by atoms with Gasteiger partial charge >= 0.3 is 0 Å². The van der Waals surface area contributed by atoms with Gasteiger partial charge in [-0.1, -0.05) is 6.92 Å². The number of carbonyl (C=O) groups excluding carboxylic acids is 1. The third-order valence-corrected chi connectivity index (χ3v) is 5.31. The monoisotopic (exact) mass is 346 g/mol. The molecule has 2 fully saturated rings. The number of piperidine rings is 1. The van der Waals surface area contributed by atoms with Gasteiger partial charge in [-0.05, 0) is 57.7 Å². The molecule has 6 heteroatoms. The average Bonchev–Trinajstić information content (AvgIpc) is 2.62. The zero-order valence-electron chi connectivity index (χ0n) is 15.5. The Morgan fingerprint density at radius 1 is 1.28 bits per heavy atom. The van der Waals surface area contributed by atoms with Gasteiger partial charge in [-0.15, -0.1) is 0 Å². The van der Waals surface area contributed by atoms with Gasteiger partial charge in [0.2, 0.25) is 5.91 Å². The van der Waals surface area contributed by atoms with E-state index in [0.29, 0.717) is 26.2 Å². The second kappa shape index (κ2) is 8.72. The molecule has 0 spiro atoms. The summed E-state index contributed by atoms with van der Waals surface area (Å²) >= 11 is 0. The van der Waals surface area contributed by atoms with Gasteiger partial charge in [0.25, 0.3) is 0 Å². The minimum Gasteiger partial charge on any atom is -0.375 e. The number of rotatable bonds is 5. The molecule has 2 saturated heterocycles. The van der Waals surface area contributed by atoms with Gasteiger partial charge in [-0.2, -0.15) is 0 Å². The van der Waals surface area contributed by atoms with Crippen LogP contribution in [0.25, 0.3) is 0 Å². The van der Waals surface area contributed by atoms with Crippen molar-refractivity contribution in [3.63, 3.8) is 0 Å². The molecule has 1 atom stereocenters. The number of aryl methyl sites for hydroxylation is 2. The quantitative estimate of drug-likeness (QED) is 0.812. The maximum absolute atomic E-state index is 12.6. The van der Waals surface area contributed by atoms with E-state index in [0.717, 1.165) is 43.2 Å². The lowest BCUT2D eigenvalue weighted by molar-refractivity contribution is -0.140. The van der Waals surface area contributed by atoms with E-state index in [1.165, 1.54) is 12.8 Å². The first-order chi connectivity index (χ1) is 12.1. The summed E-state index contributed by atoms with van der Waals surface area (Å²) in [4.78, 5) is 25.3. The van der Waals surface area contributed by atoms with Crippen LogP contribution in [0.4, 0.5) is 0 Å². The Morgan fingerprint density at radius 2 is 2.08 bits per heavy atom. The van der Waals surface area contributed by atoms with Gasteiger partial charge < -0.3 is 9.64 Å². The van der Waals surface area contributed by atoms with Gasteiger partial charge in [-0.3, -0.25) is 9.69 Å². The van der Waals surface area contributed by atoms with Crippen molar-refractivity contribution >= 4 is 5.91 Å². The molecule has 2 aliphatic heterocycles. The van der Waals surface area contributed by atoms with E-state index in [-0.39, 0.29) is 12.0 Å². The summed E-state index contributed by atoms with van der Waals surface area (Å²) in [6.07, 6.45) is 5.88. The van der Waals surface area contributed by atoms with Crippen LogP contribution in [0.1, 0.15) is 37.6 Å². The van der Waals surface area contributed by atoms with Gasteiger partial charge in [0, 0.05) is 24.5 Å². The Bertz CT molecular complexity index is 572. The van der Waals surface area contributed by atoms with Gasteiger partial charge in [-0.25, -0.2) is 9.97 Å². The fourth-order valence-corrected chi connectivity index (χ4v) is 3.59. The van der Waals surface area contributed by atoms with Crippen LogP contribution in [0.5, 0.6) is 0 Å². The Morgan fingerprint density at radius 3 is 2.84 bits per heavy atom. The number of carbonyl (C=O) groups is 1. The minimum atomic E-state index is 0.106. The number of morpholine rings is 1. The lowest BCUT2D eigenvalue weighted by Gasteiger charge is -2.36. The van der Waals surface area contributed by atoms with Crippen molar-refractivity contribution in [2.24, 2.45) is 5.92 Å². The van der Waals surface area contributed by atoms with E-state index in [2.05, 4.69) is 21.8 Å². The number of amides is 1. The van der Waals surface area contributed by atoms with Crippen LogP contribution in [0.15, 0.2) is 12.4 Å². The highest BCUT2D eigenvalue weighted by Gasteiger charge is 2.26. The van der Waals surface area contributed by atoms with Crippen molar-refractivity contribution in [2.75, 3.05) is 39.3 Å². The van der Waals surface area contributed by atoms with E-state index in [1.807, 2.05) is 17.9 Å². The largest absolute Gasteiger partial charge is 0.375 e. The van der Waals surface area contributed by atoms with Crippen molar-refractivity contribution < 1.29 is 9.53 Å². The molecule has 0 saturated carbocycles. The van der Waals surface area contributed by atoms with E-state index < -0.39 is 0 Å². The summed E-state index contributed by atoms with van der Waals surface area (Å²) in [7, 11) is 0. The Balaban J connectivity index is 1.44. The lowest BCUT2D eigenvalue weighted by atomic mass is 9.99. The predicted octanol–water partition coefficient (Wildman–Crippen LogP) is 1.68. The number of likely N-dealkylation sites (tertiary alicyclic amines) is 1. The summed E-state index contributed by atoms with van der Waals surface area (Å²) in [5.74, 6) is 1.05. The number of hydrogen-bond donors (Lipinski definition) is 0. The third-order valence-electron chi connectivity index (χ3n) is 5.31. The van der Waals surface area contributed by atoms with E-state index >= 15 is 0 Å². The zero-order chi connectivity index (χ0) is 17.6. The summed E-state index contributed by atoms with van der Waals surface area (Å²) in [5.41, 5.74) is 2.03. The molecule has 0 aromatic carbocycles. The Hall–Kier alpha value is -1.53. The van der Waals surface area contributed by atoms with Crippen LogP contribution in [0.3, 0.4) is 0 Å². The molecule has 0 N–H and O–H groups in total. The summed E-state index contributed by atoms with van der Waals surface area (Å²) < 4.78 is 5.86. The van der Waals surface area contributed by atoms with Gasteiger partial charge in [0.05, 0.1) is 19.3 Å². The van der Waals surface area contributed by atoms with Crippen LogP contribution in [0.2, 0.25) is 0 Å². The van der Waals surface area contributed by atoms with Crippen molar-refractivity contribution in [2.45, 2.75) is 45.6 Å². The van der Waals surface area contributed by atoms with Crippen molar-refractivity contribution in [3.8, 4) is 0 Å². The molecule has 2 aliphatic rings. The molecule has 0 radical (unpaired) electrons. The first-order valence-corrected chi connectivity index (χ1v) is 9.49. The minimum absolute atomic E-state index is 0.106. The van der Waals surface area contributed by atoms with E-state index in [4.69, 9.17) is 4.74 Å². The molecule has 3 rings (SSSR count). The molecule has 3 heterocycles. The number of ether oxygens (including phenoxy) is 1. The first kappa shape index (κ1) is 18.3. The Labute approximate surface area is 150 Å². The normalized spacial score (nSPS) is 23.0. The molecule has 138 valence electrons. The number of hydrogen-bond acceptors (Lipinski definition) is 5. The molecule has 1 aromatic heterocycles. The van der Waals surface area contributed by atoms with Gasteiger partial charge in [0.15, 0.2) is 0 Å². The highest BCUT2D eigenvalue weighted by molar-refractivity contribution is 5.78.